The summed E-state index contributed by atoms with van der Waals surface area (Å²) in [6.07, 6.45) is 9.26. The van der Waals surface area contributed by atoms with E-state index in [9.17, 15) is 9.59 Å². The van der Waals surface area contributed by atoms with Gasteiger partial charge < -0.3 is 0 Å². The van der Waals surface area contributed by atoms with Crippen molar-refractivity contribution in [2.45, 2.75) is 83.5 Å². The van der Waals surface area contributed by atoms with Crippen molar-refractivity contribution in [3.63, 3.8) is 0 Å². The Bertz CT molecular complexity index is 2160. The van der Waals surface area contributed by atoms with Crippen molar-refractivity contribution in [3.8, 4) is 0 Å². The van der Waals surface area contributed by atoms with Crippen LogP contribution in [0.5, 0.6) is 0 Å². The second-order valence-corrected chi connectivity index (χ2v) is 17.3. The molecule has 4 aromatic rings. The van der Waals surface area contributed by atoms with Gasteiger partial charge in [-0.25, -0.2) is 4.98 Å². The Kier molecular flexibility index (Phi) is 9.56. The van der Waals surface area contributed by atoms with Gasteiger partial charge in [-0.15, -0.1) is 0 Å². The Morgan fingerprint density at radius 2 is 1.29 bits per heavy atom. The van der Waals surface area contributed by atoms with Gasteiger partial charge in [0.25, 0.3) is 0 Å². The summed E-state index contributed by atoms with van der Waals surface area (Å²) in [5.41, 5.74) is 8.46. The van der Waals surface area contributed by atoms with Crippen LogP contribution in [0.3, 0.4) is 0 Å². The first-order valence-corrected chi connectivity index (χ1v) is 18.6. The summed E-state index contributed by atoms with van der Waals surface area (Å²) in [6.45, 7) is 27.9. The minimum Gasteiger partial charge on any atom is -0.295 e. The summed E-state index contributed by atoms with van der Waals surface area (Å²) in [4.78, 5) is 36.7. The number of pyridine rings is 1. The fraction of sp³-hybridized carbons (Fsp3) is 0.255. The number of carbonyl (C=O) groups excluding carboxylic acids is 2. The first-order valence-electron chi connectivity index (χ1n) is 17.8. The number of anilines is 3. The summed E-state index contributed by atoms with van der Waals surface area (Å²) < 4.78 is 0. The standard InChI is InChI=1S/C47H48N2O2S/c1-12-14-31-27-38-37(26-30(31)13-2)42(50)39(43(38)51)28-36-25-29(3)47(10,11)44-40(52-36)23-24-41(48-44)49(34-19-15-32(16-20-34)45(4,5)6)35-21-17-33(18-22-35)46(7,8)9/h12-28H,2-3H2,1,4-11H3/b14-12-,39-28-. The molecule has 4 nitrogen and oxygen atoms in total. The molecular weight excluding hydrogens is 657 g/mol. The lowest BCUT2D eigenvalue weighted by Crippen LogP contribution is -2.22. The van der Waals surface area contributed by atoms with Crippen molar-refractivity contribution in [1.82, 2.24) is 4.98 Å². The number of ketones is 2. The van der Waals surface area contributed by atoms with Crippen molar-refractivity contribution in [2.75, 3.05) is 4.90 Å². The lowest BCUT2D eigenvalue weighted by molar-refractivity contribution is 0.0988. The van der Waals surface area contributed by atoms with Crippen molar-refractivity contribution in [1.29, 1.82) is 0 Å². The quantitative estimate of drug-likeness (QED) is 0.148. The van der Waals surface area contributed by atoms with Crippen LogP contribution in [0.25, 0.3) is 12.2 Å². The third kappa shape index (κ3) is 6.82. The number of fused-ring (bicyclic) bond motifs is 2. The zero-order valence-corrected chi connectivity index (χ0v) is 32.7. The van der Waals surface area contributed by atoms with Gasteiger partial charge in [-0.3, -0.25) is 14.5 Å². The molecule has 3 aromatic carbocycles. The highest BCUT2D eigenvalue weighted by atomic mass is 32.2. The Morgan fingerprint density at radius 3 is 1.77 bits per heavy atom. The third-order valence-electron chi connectivity index (χ3n) is 10.0. The van der Waals surface area contributed by atoms with Gasteiger partial charge in [0.15, 0.2) is 11.6 Å². The third-order valence-corrected chi connectivity index (χ3v) is 11.1. The number of allylic oxidation sites excluding steroid dienone is 5. The summed E-state index contributed by atoms with van der Waals surface area (Å²) in [6, 6.07) is 25.2. The van der Waals surface area contributed by atoms with Crippen molar-refractivity contribution >= 4 is 52.7 Å². The molecule has 0 amide bonds. The lowest BCUT2D eigenvalue weighted by Gasteiger charge is -2.30. The molecule has 0 bridgehead atoms. The van der Waals surface area contributed by atoms with Gasteiger partial charge >= 0.3 is 0 Å². The van der Waals surface area contributed by atoms with E-state index in [1.807, 2.05) is 25.2 Å². The molecule has 0 spiro atoms. The molecule has 0 N–H and O–H groups in total. The molecule has 0 radical (unpaired) electrons. The molecule has 5 heteroatoms. The molecule has 0 saturated carbocycles. The maximum atomic E-state index is 13.7. The minimum atomic E-state index is -0.538. The Labute approximate surface area is 313 Å². The molecule has 0 fully saturated rings. The number of carbonyl (C=O) groups is 2. The summed E-state index contributed by atoms with van der Waals surface area (Å²) >= 11 is 1.50. The average Bonchev–Trinajstić information content (AvgIpc) is 3.26. The summed E-state index contributed by atoms with van der Waals surface area (Å²) in [5.74, 6) is 0.252. The summed E-state index contributed by atoms with van der Waals surface area (Å²) in [7, 11) is 0. The number of hydrogen-bond donors (Lipinski definition) is 0. The van der Waals surface area contributed by atoms with Crippen molar-refractivity contribution < 1.29 is 9.59 Å². The second kappa shape index (κ2) is 13.5. The number of rotatable bonds is 6. The first kappa shape index (κ1) is 36.8. The van der Waals surface area contributed by atoms with Gasteiger partial charge in [-0.2, -0.15) is 0 Å². The fourth-order valence-corrected chi connectivity index (χ4v) is 7.80. The molecule has 1 aliphatic heterocycles. The van der Waals surface area contributed by atoms with E-state index in [0.717, 1.165) is 49.4 Å². The minimum absolute atomic E-state index is 0.0298. The normalized spacial score (nSPS) is 16.5. The molecule has 1 aromatic heterocycles. The maximum absolute atomic E-state index is 13.7. The molecule has 0 atom stereocenters. The molecule has 52 heavy (non-hydrogen) atoms. The highest BCUT2D eigenvalue weighted by Gasteiger charge is 2.36. The van der Waals surface area contributed by atoms with Crippen LogP contribution >= 0.6 is 11.8 Å². The number of Topliss-reactive ketones (excluding diaryl/α,β-unsaturated/α-hetero) is 2. The highest BCUT2D eigenvalue weighted by molar-refractivity contribution is 8.03. The van der Waals surface area contributed by atoms with Gasteiger partial charge in [0.05, 0.1) is 11.3 Å². The number of benzene rings is 3. The largest absolute Gasteiger partial charge is 0.295 e. The number of aromatic nitrogens is 1. The van der Waals surface area contributed by atoms with Gasteiger partial charge in [-0.05, 0) is 106 Å². The maximum Gasteiger partial charge on any atom is 0.197 e. The highest BCUT2D eigenvalue weighted by Crippen LogP contribution is 2.47. The molecule has 0 unspecified atom stereocenters. The molecule has 264 valence electrons. The van der Waals surface area contributed by atoms with E-state index in [2.05, 4.69) is 134 Å². The van der Waals surface area contributed by atoms with Gasteiger partial charge in [0, 0.05) is 37.7 Å². The number of hydrogen-bond acceptors (Lipinski definition) is 5. The van der Waals surface area contributed by atoms with Crippen LogP contribution in [0.15, 0.2) is 125 Å². The smallest absolute Gasteiger partial charge is 0.197 e. The van der Waals surface area contributed by atoms with E-state index < -0.39 is 5.41 Å². The number of nitrogens with zero attached hydrogens (tertiary/aromatic N) is 2. The fourth-order valence-electron chi connectivity index (χ4n) is 6.63. The monoisotopic (exact) mass is 704 g/mol. The average molecular weight is 705 g/mol. The molecule has 2 aliphatic rings. The van der Waals surface area contributed by atoms with Gasteiger partial charge in [0.1, 0.15) is 5.82 Å². The topological polar surface area (TPSA) is 50.3 Å². The molecule has 1 aliphatic carbocycles. The Morgan fingerprint density at radius 1 is 0.769 bits per heavy atom. The lowest BCUT2D eigenvalue weighted by atomic mass is 9.81. The molecule has 6 rings (SSSR count). The van der Waals surface area contributed by atoms with Gasteiger partial charge in [-0.1, -0.05) is 123 Å². The predicted octanol–water partition coefficient (Wildman–Crippen LogP) is 12.7. The van der Waals surface area contributed by atoms with E-state index in [0.29, 0.717) is 11.1 Å². The molecular formula is C47H48N2O2S. The van der Waals surface area contributed by atoms with Crippen LogP contribution in [0.2, 0.25) is 0 Å². The SMILES string of the molecule is C=Cc1cc2c(cc1/C=C\C)C(=O)/C(=C\C1=CC(=C)C(C)(C)c3nc(N(c4ccc(C(C)(C)C)cc4)c4ccc(C(C)(C)C)cc4)ccc3S1)C2=O. The van der Waals surface area contributed by atoms with Crippen LogP contribution in [-0.2, 0) is 16.2 Å². The van der Waals surface area contributed by atoms with Crippen LogP contribution in [0.1, 0.15) is 111 Å². The van der Waals surface area contributed by atoms with Crippen LogP contribution < -0.4 is 4.90 Å². The van der Waals surface area contributed by atoms with Crippen LogP contribution in [-0.4, -0.2) is 16.6 Å². The first-order chi connectivity index (χ1) is 24.4. The van der Waals surface area contributed by atoms with E-state index in [-0.39, 0.29) is 28.0 Å². The van der Waals surface area contributed by atoms with E-state index in [1.54, 1.807) is 24.3 Å². The van der Waals surface area contributed by atoms with E-state index in [4.69, 9.17) is 4.98 Å². The molecule has 2 heterocycles. The zero-order chi connectivity index (χ0) is 37.7. The predicted molar refractivity (Wildman–Crippen MR) is 220 cm³/mol. The number of thioether (sulfide) groups is 1. The van der Waals surface area contributed by atoms with Crippen LogP contribution in [0.4, 0.5) is 17.2 Å². The van der Waals surface area contributed by atoms with Crippen LogP contribution in [0, 0.1) is 0 Å². The molecule has 0 saturated heterocycles. The zero-order valence-electron chi connectivity index (χ0n) is 31.8. The van der Waals surface area contributed by atoms with Gasteiger partial charge in [0.2, 0.25) is 0 Å². The Hall–Kier alpha value is -5.00. The second-order valence-electron chi connectivity index (χ2n) is 16.2. The Balaban J connectivity index is 1.42. The van der Waals surface area contributed by atoms with Crippen molar-refractivity contribution in [3.05, 3.63) is 159 Å². The van der Waals surface area contributed by atoms with Crippen molar-refractivity contribution in [2.24, 2.45) is 0 Å². The van der Waals surface area contributed by atoms with E-state index >= 15 is 0 Å². The summed E-state index contributed by atoms with van der Waals surface area (Å²) in [5, 5.41) is 0. The van der Waals surface area contributed by atoms with E-state index in [1.165, 1.54) is 22.9 Å².